The van der Waals surface area contributed by atoms with Gasteiger partial charge in [0.1, 0.15) is 11.9 Å². The molecule has 3 rings (SSSR count). The van der Waals surface area contributed by atoms with E-state index >= 15 is 0 Å². The minimum atomic E-state index is -0.844. The van der Waals surface area contributed by atoms with Gasteiger partial charge in [-0.05, 0) is 31.7 Å². The second-order valence-corrected chi connectivity index (χ2v) is 8.24. The molecule has 3 N–H and O–H groups in total. The zero-order valence-corrected chi connectivity index (χ0v) is 17.0. The summed E-state index contributed by atoms with van der Waals surface area (Å²) >= 11 is 0. The summed E-state index contributed by atoms with van der Waals surface area (Å²) in [5, 5.41) is 30.7. The van der Waals surface area contributed by atoms with Crippen LogP contribution in [0.4, 0.5) is 0 Å². The Balaban J connectivity index is 0.00000320. The Labute approximate surface area is 200 Å². The molecule has 1 unspecified atom stereocenters. The van der Waals surface area contributed by atoms with Crippen LogP contribution in [0, 0.1) is 23.2 Å². The molecule has 0 radical (unpaired) electrons. The Morgan fingerprint density at radius 2 is 2.13 bits per heavy atom. The van der Waals surface area contributed by atoms with Crippen LogP contribution in [-0.2, 0) is 4.79 Å². The number of fused-ring (bicyclic) bond motifs is 3. The summed E-state index contributed by atoms with van der Waals surface area (Å²) in [6, 6.07) is 7.85. The summed E-state index contributed by atoms with van der Waals surface area (Å²) in [6.45, 7) is 3.72. The Bertz CT molecular complexity index is 826. The van der Waals surface area contributed by atoms with Crippen LogP contribution in [0.25, 0.3) is 0 Å². The molecule has 1 saturated carbocycles. The standard InChI is InChI=1S/C24H30O5.Na.H/c1-3-4-8-16(2)18(25)12-14-24(13-7-11-22(27)28)21(26)15-20-23(24)17-9-5-6-10-19(17)29-20;;/h5-6,9-10,12,14,16,18,20-21,23,25-26H,7-8,11,13,15H2,1-2H3,(H,27,28);;/b14-12+;;/t16?,18-,20+,21-,23+,24+;;/m1../s1. The van der Waals surface area contributed by atoms with Crippen LogP contribution >= 0.6 is 0 Å². The quantitative estimate of drug-likeness (QED) is 0.341. The molecule has 6 heteroatoms. The van der Waals surface area contributed by atoms with E-state index in [1.54, 1.807) is 13.0 Å². The zero-order valence-electron chi connectivity index (χ0n) is 17.0. The normalized spacial score (nSPS) is 28.5. The molecule has 2 aliphatic rings. The van der Waals surface area contributed by atoms with Crippen LogP contribution in [0.15, 0.2) is 36.4 Å². The van der Waals surface area contributed by atoms with Gasteiger partial charge in [-0.3, -0.25) is 4.79 Å². The van der Waals surface area contributed by atoms with Crippen molar-refractivity contribution >= 4 is 35.5 Å². The number of carbonyl (C=O) groups is 1. The number of carboxylic acids is 1. The predicted molar refractivity (Wildman–Crippen MR) is 118 cm³/mol. The van der Waals surface area contributed by atoms with Crippen LogP contribution in [0.1, 0.15) is 57.4 Å². The van der Waals surface area contributed by atoms with Crippen LogP contribution < -0.4 is 4.74 Å². The van der Waals surface area contributed by atoms with Gasteiger partial charge in [-0.1, -0.05) is 37.3 Å². The molecule has 0 amide bonds. The molecule has 1 aliphatic carbocycles. The zero-order chi connectivity index (χ0) is 21.0. The van der Waals surface area contributed by atoms with Gasteiger partial charge in [0.05, 0.1) is 12.2 Å². The number of hydrogen-bond donors (Lipinski definition) is 3. The third-order valence-corrected chi connectivity index (χ3v) is 6.35. The molecule has 1 heterocycles. The summed E-state index contributed by atoms with van der Waals surface area (Å²) in [5.74, 6) is 5.74. The molecule has 0 saturated heterocycles. The molecule has 0 spiro atoms. The number of rotatable bonds is 8. The van der Waals surface area contributed by atoms with E-state index in [9.17, 15) is 15.0 Å². The fraction of sp³-hybridized carbons (Fsp3) is 0.542. The number of aliphatic hydroxyl groups excluding tert-OH is 2. The van der Waals surface area contributed by atoms with E-state index in [0.717, 1.165) is 11.3 Å². The Hall–Kier alpha value is -1.29. The number of para-hydroxylation sites is 1. The first-order valence-electron chi connectivity index (χ1n) is 10.3. The van der Waals surface area contributed by atoms with E-state index < -0.39 is 23.6 Å². The second-order valence-electron chi connectivity index (χ2n) is 8.24. The van der Waals surface area contributed by atoms with Gasteiger partial charge in [-0.2, -0.15) is 0 Å². The van der Waals surface area contributed by atoms with Crippen molar-refractivity contribution in [1.82, 2.24) is 0 Å². The van der Waals surface area contributed by atoms with Crippen LogP contribution in [0.5, 0.6) is 5.75 Å². The van der Waals surface area contributed by atoms with Crippen LogP contribution in [0.2, 0.25) is 0 Å². The van der Waals surface area contributed by atoms with E-state index in [1.165, 1.54) is 0 Å². The van der Waals surface area contributed by atoms with Crippen molar-refractivity contribution in [3.8, 4) is 17.6 Å². The van der Waals surface area contributed by atoms with E-state index in [-0.39, 0.29) is 53.9 Å². The Morgan fingerprint density at radius 1 is 1.40 bits per heavy atom. The van der Waals surface area contributed by atoms with Gasteiger partial charge in [-0.15, -0.1) is 11.8 Å². The summed E-state index contributed by atoms with van der Waals surface area (Å²) in [7, 11) is 0. The molecule has 1 aromatic rings. The molecule has 1 fully saturated rings. The molecule has 1 aromatic carbocycles. The topological polar surface area (TPSA) is 87.0 Å². The van der Waals surface area contributed by atoms with E-state index in [4.69, 9.17) is 9.84 Å². The predicted octanol–water partition coefficient (Wildman–Crippen LogP) is 2.86. The van der Waals surface area contributed by atoms with Crippen molar-refractivity contribution in [2.45, 2.75) is 70.2 Å². The van der Waals surface area contributed by atoms with Gasteiger partial charge in [0.2, 0.25) is 0 Å². The molecule has 158 valence electrons. The third kappa shape index (κ3) is 5.12. The van der Waals surface area contributed by atoms with Crippen molar-refractivity contribution in [2.75, 3.05) is 0 Å². The number of aliphatic hydroxyl groups is 2. The average Bonchev–Trinajstić information content (AvgIpc) is 3.18. The fourth-order valence-corrected chi connectivity index (χ4v) is 4.76. The van der Waals surface area contributed by atoms with Crippen molar-refractivity contribution in [2.24, 2.45) is 11.3 Å². The van der Waals surface area contributed by atoms with Gasteiger partial charge in [0.15, 0.2) is 0 Å². The monoisotopic (exact) mass is 422 g/mol. The van der Waals surface area contributed by atoms with Gasteiger partial charge >= 0.3 is 35.5 Å². The first-order chi connectivity index (χ1) is 13.9. The molecule has 0 aromatic heterocycles. The van der Waals surface area contributed by atoms with E-state index in [0.29, 0.717) is 25.7 Å². The molecular weight excluding hydrogens is 391 g/mol. The first-order valence-corrected chi connectivity index (χ1v) is 10.3. The van der Waals surface area contributed by atoms with Crippen molar-refractivity contribution in [3.05, 3.63) is 42.0 Å². The Morgan fingerprint density at radius 3 is 2.83 bits per heavy atom. The van der Waals surface area contributed by atoms with Gasteiger partial charge in [0.25, 0.3) is 0 Å². The van der Waals surface area contributed by atoms with E-state index in [1.807, 2.05) is 37.3 Å². The second kappa shape index (κ2) is 10.8. The van der Waals surface area contributed by atoms with Crippen LogP contribution in [0.3, 0.4) is 0 Å². The summed E-state index contributed by atoms with van der Waals surface area (Å²) in [4.78, 5) is 11.1. The van der Waals surface area contributed by atoms with Gasteiger partial charge in [0, 0.05) is 36.2 Å². The SMILES string of the molecule is CC#CCC(C)[C@H](O)/C=C/[C@@]1(CCCC(=O)O)[C@H](O)C[C@@H]2Oc3ccccc3[C@@H]21.[NaH]. The number of benzene rings is 1. The van der Waals surface area contributed by atoms with Crippen molar-refractivity contribution in [1.29, 1.82) is 0 Å². The molecule has 5 nitrogen and oxygen atoms in total. The summed E-state index contributed by atoms with van der Waals surface area (Å²) in [5.41, 5.74) is 0.387. The maximum absolute atomic E-state index is 11.1. The number of aliphatic carboxylic acids is 1. The fourth-order valence-electron chi connectivity index (χ4n) is 4.76. The van der Waals surface area contributed by atoms with Gasteiger partial charge in [-0.25, -0.2) is 0 Å². The summed E-state index contributed by atoms with van der Waals surface area (Å²) < 4.78 is 6.10. The van der Waals surface area contributed by atoms with Crippen molar-refractivity contribution < 1.29 is 24.9 Å². The number of carboxylic acid groups (broad SMARTS) is 1. The molecular formula is C24H31NaO5. The molecule has 1 aliphatic heterocycles. The molecule has 6 atom stereocenters. The average molecular weight is 422 g/mol. The number of ether oxygens (including phenoxy) is 1. The van der Waals surface area contributed by atoms with Gasteiger partial charge < -0.3 is 20.1 Å². The summed E-state index contributed by atoms with van der Waals surface area (Å²) in [6.07, 6.45) is 4.31. The number of hydrogen-bond acceptors (Lipinski definition) is 4. The Kier molecular flexibility index (Phi) is 9.02. The molecule has 30 heavy (non-hydrogen) atoms. The van der Waals surface area contributed by atoms with E-state index in [2.05, 4.69) is 11.8 Å². The van der Waals surface area contributed by atoms with Crippen LogP contribution in [-0.4, -0.2) is 69.2 Å². The minimum absolute atomic E-state index is 0. The van der Waals surface area contributed by atoms with Crippen molar-refractivity contribution in [3.63, 3.8) is 0 Å². The third-order valence-electron chi connectivity index (χ3n) is 6.35. The maximum atomic E-state index is 11.1. The first kappa shape index (κ1) is 25.0. The molecule has 0 bridgehead atoms.